The Bertz CT molecular complexity index is 344. The molecule has 0 aliphatic carbocycles. The summed E-state index contributed by atoms with van der Waals surface area (Å²) in [5, 5.41) is 0. The van der Waals surface area contributed by atoms with Gasteiger partial charge < -0.3 is 18.9 Å². The molecular formula is C15H22O4. The largest absolute Gasteiger partial charge is 0.497 e. The lowest BCUT2D eigenvalue weighted by atomic mass is 10.2. The first-order valence-corrected chi connectivity index (χ1v) is 6.88. The molecule has 1 aliphatic heterocycles. The van der Waals surface area contributed by atoms with Crippen molar-refractivity contribution in [3.05, 3.63) is 24.3 Å². The predicted octanol–water partition coefficient (Wildman–Crippen LogP) is 3.01. The van der Waals surface area contributed by atoms with Gasteiger partial charge in [0.2, 0.25) is 0 Å². The van der Waals surface area contributed by atoms with E-state index in [1.54, 1.807) is 7.11 Å². The molecule has 0 unspecified atom stereocenters. The quantitative estimate of drug-likeness (QED) is 0.711. The summed E-state index contributed by atoms with van der Waals surface area (Å²) in [6.45, 7) is 2.16. The maximum Gasteiger partial charge on any atom is 0.157 e. The predicted molar refractivity (Wildman–Crippen MR) is 72.6 cm³/mol. The summed E-state index contributed by atoms with van der Waals surface area (Å²) in [6.07, 6.45) is 4.23. The minimum Gasteiger partial charge on any atom is -0.497 e. The van der Waals surface area contributed by atoms with E-state index >= 15 is 0 Å². The highest BCUT2D eigenvalue weighted by atomic mass is 16.7. The molecule has 0 bridgehead atoms. The molecule has 0 N–H and O–H groups in total. The molecule has 1 fully saturated rings. The zero-order valence-corrected chi connectivity index (χ0v) is 11.5. The van der Waals surface area contributed by atoms with E-state index < -0.39 is 0 Å². The smallest absolute Gasteiger partial charge is 0.157 e. The fraction of sp³-hybridized carbons (Fsp3) is 0.600. The van der Waals surface area contributed by atoms with Crippen molar-refractivity contribution in [2.45, 2.75) is 32.0 Å². The molecule has 0 aromatic heterocycles. The Morgan fingerprint density at radius 1 is 1.11 bits per heavy atom. The molecule has 1 aromatic carbocycles. The third kappa shape index (κ3) is 5.09. The first-order valence-electron chi connectivity index (χ1n) is 6.88. The molecule has 0 saturated carbocycles. The van der Waals surface area contributed by atoms with Crippen molar-refractivity contribution in [1.82, 2.24) is 0 Å². The molecule has 1 aromatic rings. The van der Waals surface area contributed by atoms with Gasteiger partial charge in [-0.15, -0.1) is 0 Å². The lowest BCUT2D eigenvalue weighted by Gasteiger charge is -2.22. The lowest BCUT2D eigenvalue weighted by molar-refractivity contribution is -0.163. The van der Waals surface area contributed by atoms with E-state index in [9.17, 15) is 0 Å². The van der Waals surface area contributed by atoms with Crippen LogP contribution >= 0.6 is 0 Å². The van der Waals surface area contributed by atoms with Gasteiger partial charge in [-0.25, -0.2) is 0 Å². The van der Waals surface area contributed by atoms with Gasteiger partial charge in [0.25, 0.3) is 0 Å². The summed E-state index contributed by atoms with van der Waals surface area (Å²) < 4.78 is 21.8. The third-order valence-electron chi connectivity index (χ3n) is 3.06. The Morgan fingerprint density at radius 3 is 2.58 bits per heavy atom. The number of methoxy groups -OCH3 is 1. The number of hydrogen-bond donors (Lipinski definition) is 0. The van der Waals surface area contributed by atoms with Gasteiger partial charge in [-0.1, -0.05) is 0 Å². The van der Waals surface area contributed by atoms with Crippen molar-refractivity contribution in [3.63, 3.8) is 0 Å². The Morgan fingerprint density at radius 2 is 1.89 bits per heavy atom. The second-order valence-corrected chi connectivity index (χ2v) is 4.54. The van der Waals surface area contributed by atoms with Gasteiger partial charge in [0.05, 0.1) is 20.3 Å². The summed E-state index contributed by atoms with van der Waals surface area (Å²) >= 11 is 0. The van der Waals surface area contributed by atoms with Crippen LogP contribution in [0.2, 0.25) is 0 Å². The average molecular weight is 266 g/mol. The molecule has 1 atom stereocenters. The van der Waals surface area contributed by atoms with Gasteiger partial charge in [-0.05, 0) is 43.5 Å². The fourth-order valence-corrected chi connectivity index (χ4v) is 1.98. The van der Waals surface area contributed by atoms with Gasteiger partial charge in [-0.3, -0.25) is 0 Å². The molecule has 4 heteroatoms. The molecule has 0 radical (unpaired) electrons. The Kier molecular flexibility index (Phi) is 5.98. The molecule has 106 valence electrons. The zero-order valence-electron chi connectivity index (χ0n) is 11.5. The molecule has 0 amide bonds. The summed E-state index contributed by atoms with van der Waals surface area (Å²) in [7, 11) is 1.65. The molecule has 0 spiro atoms. The minimum absolute atomic E-state index is 0.00487. The Hall–Kier alpha value is -1.26. The van der Waals surface area contributed by atoms with Crippen LogP contribution in [0.1, 0.15) is 25.7 Å². The molecule has 19 heavy (non-hydrogen) atoms. The van der Waals surface area contributed by atoms with Crippen LogP contribution in [0.3, 0.4) is 0 Å². The third-order valence-corrected chi connectivity index (χ3v) is 3.06. The Labute approximate surface area is 114 Å². The Balaban J connectivity index is 1.55. The highest BCUT2D eigenvalue weighted by molar-refractivity contribution is 5.31. The maximum atomic E-state index is 5.64. The van der Waals surface area contributed by atoms with E-state index in [4.69, 9.17) is 18.9 Å². The molecule has 1 heterocycles. The van der Waals surface area contributed by atoms with Crippen LogP contribution in [0, 0.1) is 0 Å². The summed E-state index contributed by atoms with van der Waals surface area (Å²) in [5.41, 5.74) is 0. The highest BCUT2D eigenvalue weighted by Crippen LogP contribution is 2.17. The van der Waals surface area contributed by atoms with E-state index in [2.05, 4.69) is 0 Å². The van der Waals surface area contributed by atoms with Crippen LogP contribution in [0.5, 0.6) is 11.5 Å². The van der Waals surface area contributed by atoms with Gasteiger partial charge >= 0.3 is 0 Å². The SMILES string of the molecule is COc1ccc(OCCCO[C@@H]2CCCCO2)cc1. The second-order valence-electron chi connectivity index (χ2n) is 4.54. The molecule has 2 rings (SSSR count). The van der Waals surface area contributed by atoms with Gasteiger partial charge in [0, 0.05) is 13.0 Å². The van der Waals surface area contributed by atoms with Crippen LogP contribution in [-0.4, -0.2) is 33.2 Å². The van der Waals surface area contributed by atoms with Crippen LogP contribution in [0.4, 0.5) is 0 Å². The van der Waals surface area contributed by atoms with Gasteiger partial charge in [0.15, 0.2) is 6.29 Å². The van der Waals surface area contributed by atoms with E-state index in [-0.39, 0.29) is 6.29 Å². The number of benzene rings is 1. The number of hydrogen-bond acceptors (Lipinski definition) is 4. The number of rotatable bonds is 7. The monoisotopic (exact) mass is 266 g/mol. The minimum atomic E-state index is -0.00487. The zero-order chi connectivity index (χ0) is 13.3. The van der Waals surface area contributed by atoms with E-state index in [1.165, 1.54) is 6.42 Å². The van der Waals surface area contributed by atoms with Crippen LogP contribution < -0.4 is 9.47 Å². The highest BCUT2D eigenvalue weighted by Gasteiger charge is 2.13. The van der Waals surface area contributed by atoms with Crippen molar-refractivity contribution in [1.29, 1.82) is 0 Å². The van der Waals surface area contributed by atoms with E-state index in [1.807, 2.05) is 24.3 Å². The van der Waals surface area contributed by atoms with E-state index in [0.29, 0.717) is 13.2 Å². The van der Waals surface area contributed by atoms with Gasteiger partial charge in [-0.2, -0.15) is 0 Å². The second kappa shape index (κ2) is 8.02. The number of ether oxygens (including phenoxy) is 4. The van der Waals surface area contributed by atoms with Crippen molar-refractivity contribution in [3.8, 4) is 11.5 Å². The molecule has 4 nitrogen and oxygen atoms in total. The fourth-order valence-electron chi connectivity index (χ4n) is 1.98. The molecule has 1 saturated heterocycles. The van der Waals surface area contributed by atoms with Crippen molar-refractivity contribution < 1.29 is 18.9 Å². The van der Waals surface area contributed by atoms with Gasteiger partial charge in [0.1, 0.15) is 11.5 Å². The summed E-state index contributed by atoms with van der Waals surface area (Å²) in [5.74, 6) is 1.69. The van der Waals surface area contributed by atoms with Crippen molar-refractivity contribution in [2.75, 3.05) is 26.9 Å². The van der Waals surface area contributed by atoms with Crippen LogP contribution in [-0.2, 0) is 9.47 Å². The topological polar surface area (TPSA) is 36.9 Å². The van der Waals surface area contributed by atoms with Crippen molar-refractivity contribution >= 4 is 0 Å². The standard InChI is InChI=1S/C15H22O4/c1-16-13-6-8-14(9-7-13)17-11-4-12-19-15-5-2-3-10-18-15/h6-9,15H,2-5,10-12H2,1H3/t15-/m1/s1. The van der Waals surface area contributed by atoms with E-state index in [0.717, 1.165) is 37.4 Å². The van der Waals surface area contributed by atoms with Crippen LogP contribution in [0.25, 0.3) is 0 Å². The first kappa shape index (κ1) is 14.2. The maximum absolute atomic E-state index is 5.64. The normalized spacial score (nSPS) is 19.1. The average Bonchev–Trinajstić information content (AvgIpc) is 2.49. The first-order chi connectivity index (χ1) is 9.38. The van der Waals surface area contributed by atoms with Crippen molar-refractivity contribution in [2.24, 2.45) is 0 Å². The molecule has 1 aliphatic rings. The lowest BCUT2D eigenvalue weighted by Crippen LogP contribution is -2.23. The molecular weight excluding hydrogens is 244 g/mol. The summed E-state index contributed by atoms with van der Waals surface area (Å²) in [6, 6.07) is 7.59. The van der Waals surface area contributed by atoms with Crippen LogP contribution in [0.15, 0.2) is 24.3 Å². The summed E-state index contributed by atoms with van der Waals surface area (Å²) in [4.78, 5) is 0.